The van der Waals surface area contributed by atoms with E-state index < -0.39 is 0 Å². The second-order valence-corrected chi connectivity index (χ2v) is 8.58. The molecule has 0 bridgehead atoms. The highest BCUT2D eigenvalue weighted by Crippen LogP contribution is 2.20. The van der Waals surface area contributed by atoms with Gasteiger partial charge in [-0.05, 0) is 37.3 Å². The SMILES string of the molecule is Cc1nnc(CN=C(NCC2CCCO2)NCC(Cc2ccccc2)c2ccccc2)n1C. The van der Waals surface area contributed by atoms with Crippen molar-refractivity contribution in [1.29, 1.82) is 0 Å². The molecule has 2 atom stereocenters. The number of nitrogens with one attached hydrogen (secondary N) is 2. The number of hydrogen-bond acceptors (Lipinski definition) is 4. The molecular formula is C26H34N6O. The Labute approximate surface area is 196 Å². The van der Waals surface area contributed by atoms with Crippen LogP contribution in [0.2, 0.25) is 0 Å². The van der Waals surface area contributed by atoms with Crippen molar-refractivity contribution in [1.82, 2.24) is 25.4 Å². The largest absolute Gasteiger partial charge is 0.376 e. The Morgan fingerprint density at radius 1 is 1.09 bits per heavy atom. The van der Waals surface area contributed by atoms with Crippen LogP contribution in [-0.2, 0) is 24.8 Å². The molecule has 0 spiro atoms. The Hall–Kier alpha value is -3.19. The first-order valence-electron chi connectivity index (χ1n) is 11.8. The van der Waals surface area contributed by atoms with Crippen molar-refractivity contribution in [3.63, 3.8) is 0 Å². The van der Waals surface area contributed by atoms with Gasteiger partial charge in [0, 0.05) is 32.7 Å². The molecule has 2 aromatic carbocycles. The molecule has 0 aliphatic carbocycles. The van der Waals surface area contributed by atoms with Crippen molar-refractivity contribution in [2.75, 3.05) is 19.7 Å². The van der Waals surface area contributed by atoms with Gasteiger partial charge in [0.05, 0.1) is 6.10 Å². The average Bonchev–Trinajstić information content (AvgIpc) is 3.49. The quantitative estimate of drug-likeness (QED) is 0.389. The lowest BCUT2D eigenvalue weighted by atomic mass is 9.92. The van der Waals surface area contributed by atoms with Gasteiger partial charge >= 0.3 is 0 Å². The standard InChI is InChI=1S/C26H34N6O/c1-20-30-31-25(32(20)2)19-29-26(28-18-24-14-9-15-33-24)27-17-23(22-12-7-4-8-13-22)16-21-10-5-3-6-11-21/h3-8,10-13,23-24H,9,14-19H2,1-2H3,(H2,27,28,29). The molecule has 1 saturated heterocycles. The summed E-state index contributed by atoms with van der Waals surface area (Å²) in [6.07, 6.45) is 3.41. The van der Waals surface area contributed by atoms with Crippen LogP contribution in [0.5, 0.6) is 0 Å². The zero-order valence-electron chi connectivity index (χ0n) is 19.6. The molecule has 2 heterocycles. The van der Waals surface area contributed by atoms with Crippen molar-refractivity contribution in [3.8, 4) is 0 Å². The molecule has 0 radical (unpaired) electrons. The van der Waals surface area contributed by atoms with Crippen LogP contribution in [0.25, 0.3) is 0 Å². The first-order chi connectivity index (χ1) is 16.2. The third-order valence-corrected chi connectivity index (χ3v) is 6.19. The summed E-state index contributed by atoms with van der Waals surface area (Å²) in [5.41, 5.74) is 2.64. The van der Waals surface area contributed by atoms with Crippen LogP contribution in [0, 0.1) is 6.92 Å². The number of nitrogens with zero attached hydrogens (tertiary/aromatic N) is 4. The minimum Gasteiger partial charge on any atom is -0.376 e. The topological polar surface area (TPSA) is 76.4 Å². The minimum absolute atomic E-state index is 0.239. The Morgan fingerprint density at radius 2 is 1.85 bits per heavy atom. The summed E-state index contributed by atoms with van der Waals surface area (Å²) >= 11 is 0. The van der Waals surface area contributed by atoms with Crippen molar-refractivity contribution >= 4 is 5.96 Å². The molecule has 0 amide bonds. The van der Waals surface area contributed by atoms with Gasteiger partial charge in [0.2, 0.25) is 0 Å². The van der Waals surface area contributed by atoms with E-state index in [1.807, 2.05) is 18.5 Å². The highest BCUT2D eigenvalue weighted by Gasteiger charge is 2.17. The number of benzene rings is 2. The summed E-state index contributed by atoms with van der Waals surface area (Å²) in [5, 5.41) is 15.5. The van der Waals surface area contributed by atoms with Gasteiger partial charge in [-0.3, -0.25) is 0 Å². The van der Waals surface area contributed by atoms with Crippen LogP contribution < -0.4 is 10.6 Å². The van der Waals surface area contributed by atoms with Gasteiger partial charge in [0.25, 0.3) is 0 Å². The third-order valence-electron chi connectivity index (χ3n) is 6.19. The number of aliphatic imine (C=N–C) groups is 1. The molecule has 1 fully saturated rings. The lowest BCUT2D eigenvalue weighted by molar-refractivity contribution is 0.113. The van der Waals surface area contributed by atoms with E-state index in [0.29, 0.717) is 12.5 Å². The van der Waals surface area contributed by atoms with E-state index in [1.165, 1.54) is 11.1 Å². The summed E-state index contributed by atoms with van der Waals surface area (Å²) in [6.45, 7) is 4.78. The molecule has 2 unspecified atom stereocenters. The number of aryl methyl sites for hydroxylation is 1. The minimum atomic E-state index is 0.239. The number of rotatable bonds is 9. The van der Waals surface area contributed by atoms with E-state index in [0.717, 1.165) is 56.6 Å². The molecule has 1 aliphatic rings. The van der Waals surface area contributed by atoms with E-state index in [1.54, 1.807) is 0 Å². The van der Waals surface area contributed by atoms with Crippen LogP contribution in [0.4, 0.5) is 0 Å². The fourth-order valence-corrected chi connectivity index (χ4v) is 4.08. The van der Waals surface area contributed by atoms with Gasteiger partial charge in [-0.2, -0.15) is 0 Å². The molecule has 7 heteroatoms. The normalized spacial score (nSPS) is 17.2. The highest BCUT2D eigenvalue weighted by molar-refractivity contribution is 5.79. The monoisotopic (exact) mass is 446 g/mol. The third kappa shape index (κ3) is 6.65. The Balaban J connectivity index is 1.46. The summed E-state index contributed by atoms with van der Waals surface area (Å²) in [5.74, 6) is 2.82. The number of aromatic nitrogens is 3. The first-order valence-corrected chi connectivity index (χ1v) is 11.8. The second kappa shape index (κ2) is 11.6. The maximum atomic E-state index is 5.79. The van der Waals surface area contributed by atoms with E-state index >= 15 is 0 Å². The molecule has 0 saturated carbocycles. The van der Waals surface area contributed by atoms with Crippen LogP contribution in [0.15, 0.2) is 65.7 Å². The number of guanidine groups is 1. The predicted molar refractivity (Wildman–Crippen MR) is 131 cm³/mol. The van der Waals surface area contributed by atoms with Crippen LogP contribution >= 0.6 is 0 Å². The summed E-state index contributed by atoms with van der Waals surface area (Å²) in [7, 11) is 1.97. The van der Waals surface area contributed by atoms with E-state index in [-0.39, 0.29) is 6.10 Å². The molecular weight excluding hydrogens is 412 g/mol. The van der Waals surface area contributed by atoms with E-state index in [9.17, 15) is 0 Å². The molecule has 33 heavy (non-hydrogen) atoms. The Kier molecular flexibility index (Phi) is 8.09. The molecule has 1 aromatic heterocycles. The fourth-order valence-electron chi connectivity index (χ4n) is 4.08. The number of ether oxygens (including phenoxy) is 1. The van der Waals surface area contributed by atoms with Gasteiger partial charge in [0.1, 0.15) is 12.4 Å². The molecule has 7 nitrogen and oxygen atoms in total. The summed E-state index contributed by atoms with van der Waals surface area (Å²) in [6, 6.07) is 21.3. The maximum Gasteiger partial charge on any atom is 0.191 e. The molecule has 174 valence electrons. The van der Waals surface area contributed by atoms with Crippen LogP contribution in [0.1, 0.15) is 41.5 Å². The van der Waals surface area contributed by atoms with Gasteiger partial charge in [0.15, 0.2) is 11.8 Å². The van der Waals surface area contributed by atoms with Crippen molar-refractivity contribution in [2.45, 2.75) is 44.8 Å². The smallest absolute Gasteiger partial charge is 0.191 e. The zero-order valence-corrected chi connectivity index (χ0v) is 19.6. The molecule has 3 aromatic rings. The second-order valence-electron chi connectivity index (χ2n) is 8.58. The average molecular weight is 447 g/mol. The van der Waals surface area contributed by atoms with Crippen LogP contribution in [-0.4, -0.2) is 46.5 Å². The van der Waals surface area contributed by atoms with Crippen molar-refractivity contribution < 1.29 is 4.74 Å². The van der Waals surface area contributed by atoms with Gasteiger partial charge in [-0.25, -0.2) is 4.99 Å². The zero-order chi connectivity index (χ0) is 22.9. The van der Waals surface area contributed by atoms with Gasteiger partial charge in [-0.15, -0.1) is 10.2 Å². The summed E-state index contributed by atoms with van der Waals surface area (Å²) < 4.78 is 7.77. The summed E-state index contributed by atoms with van der Waals surface area (Å²) in [4.78, 5) is 4.82. The first kappa shape index (κ1) is 23.0. The van der Waals surface area contributed by atoms with Crippen molar-refractivity contribution in [3.05, 3.63) is 83.4 Å². The van der Waals surface area contributed by atoms with Gasteiger partial charge < -0.3 is 19.9 Å². The molecule has 2 N–H and O–H groups in total. The van der Waals surface area contributed by atoms with E-state index in [2.05, 4.69) is 81.5 Å². The maximum absolute atomic E-state index is 5.79. The van der Waals surface area contributed by atoms with Gasteiger partial charge in [-0.1, -0.05) is 60.7 Å². The lowest BCUT2D eigenvalue weighted by Crippen LogP contribution is -2.43. The molecule has 4 rings (SSSR count). The fraction of sp³-hybridized carbons (Fsp3) is 0.423. The Morgan fingerprint density at radius 3 is 2.52 bits per heavy atom. The Bertz CT molecular complexity index is 1010. The molecule has 1 aliphatic heterocycles. The van der Waals surface area contributed by atoms with Crippen molar-refractivity contribution in [2.24, 2.45) is 12.0 Å². The predicted octanol–water partition coefficient (Wildman–Crippen LogP) is 3.36. The van der Waals surface area contributed by atoms with Crippen LogP contribution in [0.3, 0.4) is 0 Å². The van der Waals surface area contributed by atoms with E-state index in [4.69, 9.17) is 9.73 Å². The highest BCUT2D eigenvalue weighted by atomic mass is 16.5. The number of hydrogen-bond donors (Lipinski definition) is 2. The lowest BCUT2D eigenvalue weighted by Gasteiger charge is -2.21.